The molecule has 0 saturated carbocycles. The Morgan fingerprint density at radius 3 is 2.18 bits per heavy atom. The lowest BCUT2D eigenvalue weighted by Gasteiger charge is -2.07. The Hall–Kier alpha value is -2.60. The predicted octanol–water partition coefficient (Wildman–Crippen LogP) is 3.42. The predicted molar refractivity (Wildman–Crippen MR) is 80.9 cm³/mol. The molecule has 1 heterocycles. The molecule has 0 unspecified atom stereocenters. The van der Waals surface area contributed by atoms with Crippen molar-refractivity contribution in [2.24, 2.45) is 0 Å². The second-order valence-electron chi connectivity index (χ2n) is 4.63. The van der Waals surface area contributed by atoms with E-state index >= 15 is 0 Å². The van der Waals surface area contributed by atoms with Crippen molar-refractivity contribution in [3.05, 3.63) is 66.4 Å². The lowest BCUT2D eigenvalue weighted by molar-refractivity contribution is 0.391. The molecule has 1 aromatic heterocycles. The molecule has 0 aliphatic heterocycles. The van der Waals surface area contributed by atoms with Crippen molar-refractivity contribution in [2.75, 3.05) is 0 Å². The Morgan fingerprint density at radius 1 is 0.955 bits per heavy atom. The van der Waals surface area contributed by atoms with Crippen molar-refractivity contribution < 1.29 is 17.1 Å². The van der Waals surface area contributed by atoms with Crippen molar-refractivity contribution in [2.45, 2.75) is 11.8 Å². The summed E-state index contributed by atoms with van der Waals surface area (Å²) in [5.74, 6) is 0.411. The van der Waals surface area contributed by atoms with E-state index < -0.39 is 10.1 Å². The number of hydrogen-bond donors (Lipinski definition) is 0. The zero-order chi connectivity index (χ0) is 15.6. The Bertz CT molecular complexity index is 871. The van der Waals surface area contributed by atoms with Crippen molar-refractivity contribution in [1.29, 1.82) is 0 Å². The van der Waals surface area contributed by atoms with Crippen LogP contribution in [0.5, 0.6) is 5.75 Å². The lowest BCUT2D eigenvalue weighted by Crippen LogP contribution is -2.10. The molecule has 5 nitrogen and oxygen atoms in total. The molecule has 0 bridgehead atoms. The molecule has 22 heavy (non-hydrogen) atoms. The summed E-state index contributed by atoms with van der Waals surface area (Å²) in [7, 11) is -3.94. The van der Waals surface area contributed by atoms with Gasteiger partial charge >= 0.3 is 10.1 Å². The third-order valence-electron chi connectivity index (χ3n) is 3.08. The molecule has 0 spiro atoms. The van der Waals surface area contributed by atoms with E-state index in [1.165, 1.54) is 12.1 Å². The van der Waals surface area contributed by atoms with Gasteiger partial charge in [-0.05, 0) is 12.1 Å². The highest BCUT2D eigenvalue weighted by Crippen LogP contribution is 2.34. The molecule has 3 rings (SSSR count). The van der Waals surface area contributed by atoms with Crippen molar-refractivity contribution >= 4 is 10.1 Å². The molecule has 0 radical (unpaired) electrons. The minimum Gasteiger partial charge on any atom is -0.373 e. The van der Waals surface area contributed by atoms with Crippen LogP contribution in [0.1, 0.15) is 5.76 Å². The molecule has 0 aliphatic rings. The average molecular weight is 315 g/mol. The van der Waals surface area contributed by atoms with Crippen LogP contribution in [-0.4, -0.2) is 13.6 Å². The van der Waals surface area contributed by atoms with Gasteiger partial charge in [0.15, 0.2) is 11.5 Å². The Morgan fingerprint density at radius 2 is 1.55 bits per heavy atom. The van der Waals surface area contributed by atoms with Gasteiger partial charge < -0.3 is 8.71 Å². The summed E-state index contributed by atoms with van der Waals surface area (Å²) < 4.78 is 35.0. The van der Waals surface area contributed by atoms with Crippen LogP contribution in [-0.2, 0) is 10.1 Å². The minimum atomic E-state index is -3.94. The summed E-state index contributed by atoms with van der Waals surface area (Å²) in [6.07, 6.45) is 0. The van der Waals surface area contributed by atoms with E-state index in [-0.39, 0.29) is 10.6 Å². The molecular formula is C16H13NO4S. The van der Waals surface area contributed by atoms with Crippen LogP contribution >= 0.6 is 0 Å². The summed E-state index contributed by atoms with van der Waals surface area (Å²) in [5.41, 5.74) is 1.08. The lowest BCUT2D eigenvalue weighted by atomic mass is 10.1. The van der Waals surface area contributed by atoms with Crippen LogP contribution in [0.3, 0.4) is 0 Å². The monoisotopic (exact) mass is 315 g/mol. The maximum absolute atomic E-state index is 12.3. The highest BCUT2D eigenvalue weighted by Gasteiger charge is 2.24. The summed E-state index contributed by atoms with van der Waals surface area (Å²) >= 11 is 0. The largest absolute Gasteiger partial charge is 0.373 e. The zero-order valence-electron chi connectivity index (χ0n) is 11.8. The van der Waals surface area contributed by atoms with E-state index in [1.807, 2.05) is 18.2 Å². The molecule has 0 amide bonds. The first-order valence-electron chi connectivity index (χ1n) is 6.59. The molecule has 0 N–H and O–H groups in total. The summed E-state index contributed by atoms with van der Waals surface area (Å²) in [5, 5.41) is 3.90. The summed E-state index contributed by atoms with van der Waals surface area (Å²) in [6, 6.07) is 17.1. The SMILES string of the molecule is Cc1onc(-c2ccccc2)c1OS(=O)(=O)c1ccccc1. The van der Waals surface area contributed by atoms with Crippen LogP contribution in [0.25, 0.3) is 11.3 Å². The Labute approximate surface area is 128 Å². The molecule has 0 atom stereocenters. The fraction of sp³-hybridized carbons (Fsp3) is 0.0625. The van der Waals surface area contributed by atoms with Crippen molar-refractivity contribution in [3.8, 4) is 17.0 Å². The Kier molecular flexibility index (Phi) is 3.68. The van der Waals surface area contributed by atoms with E-state index in [4.69, 9.17) is 8.71 Å². The maximum atomic E-state index is 12.3. The van der Waals surface area contributed by atoms with Gasteiger partial charge in [0.05, 0.1) is 0 Å². The fourth-order valence-corrected chi connectivity index (χ4v) is 2.99. The first kappa shape index (κ1) is 14.3. The second kappa shape index (κ2) is 5.65. The van der Waals surface area contributed by atoms with E-state index in [0.29, 0.717) is 11.5 Å². The number of rotatable bonds is 4. The van der Waals surface area contributed by atoms with Gasteiger partial charge in [0.2, 0.25) is 5.75 Å². The van der Waals surface area contributed by atoms with Gasteiger partial charge in [-0.2, -0.15) is 8.42 Å². The second-order valence-corrected chi connectivity index (χ2v) is 6.18. The number of aryl methyl sites for hydroxylation is 1. The topological polar surface area (TPSA) is 69.4 Å². The first-order chi connectivity index (χ1) is 10.6. The fourth-order valence-electron chi connectivity index (χ4n) is 1.99. The summed E-state index contributed by atoms with van der Waals surface area (Å²) in [4.78, 5) is 0.0783. The normalized spacial score (nSPS) is 11.3. The average Bonchev–Trinajstić information content (AvgIpc) is 2.90. The van der Waals surface area contributed by atoms with Gasteiger partial charge in [-0.1, -0.05) is 53.7 Å². The van der Waals surface area contributed by atoms with Crippen LogP contribution in [0.15, 0.2) is 70.1 Å². The van der Waals surface area contributed by atoms with Crippen molar-refractivity contribution in [1.82, 2.24) is 5.16 Å². The van der Waals surface area contributed by atoms with Crippen LogP contribution in [0, 0.1) is 6.92 Å². The minimum absolute atomic E-state index is 0.0783. The summed E-state index contributed by atoms with van der Waals surface area (Å²) in [6.45, 7) is 1.61. The van der Waals surface area contributed by atoms with E-state index in [9.17, 15) is 8.42 Å². The van der Waals surface area contributed by atoms with E-state index in [0.717, 1.165) is 5.56 Å². The van der Waals surface area contributed by atoms with Gasteiger partial charge in [0, 0.05) is 12.5 Å². The van der Waals surface area contributed by atoms with Gasteiger partial charge in [-0.15, -0.1) is 0 Å². The molecular weight excluding hydrogens is 302 g/mol. The van der Waals surface area contributed by atoms with E-state index in [1.54, 1.807) is 37.3 Å². The molecule has 0 aliphatic carbocycles. The van der Waals surface area contributed by atoms with E-state index in [2.05, 4.69) is 5.16 Å². The maximum Gasteiger partial charge on any atom is 0.339 e. The third-order valence-corrected chi connectivity index (χ3v) is 4.32. The molecule has 6 heteroatoms. The highest BCUT2D eigenvalue weighted by molar-refractivity contribution is 7.87. The highest BCUT2D eigenvalue weighted by atomic mass is 32.2. The van der Waals surface area contributed by atoms with Gasteiger partial charge in [-0.3, -0.25) is 0 Å². The third kappa shape index (κ3) is 2.73. The quantitative estimate of drug-likeness (QED) is 0.690. The number of benzene rings is 2. The Balaban J connectivity index is 2.02. The molecule has 112 valence electrons. The first-order valence-corrected chi connectivity index (χ1v) is 8.00. The van der Waals surface area contributed by atoms with Gasteiger partial charge in [0.25, 0.3) is 0 Å². The number of aromatic nitrogens is 1. The van der Waals surface area contributed by atoms with Crippen LogP contribution in [0.4, 0.5) is 0 Å². The number of hydrogen-bond acceptors (Lipinski definition) is 5. The standard InChI is InChI=1S/C16H13NO4S/c1-12-16(15(17-20-12)13-8-4-2-5-9-13)21-22(18,19)14-10-6-3-7-11-14/h2-11H,1H3. The van der Waals surface area contributed by atoms with Crippen LogP contribution in [0.2, 0.25) is 0 Å². The number of nitrogens with zero attached hydrogens (tertiary/aromatic N) is 1. The molecule has 0 fully saturated rings. The van der Waals surface area contributed by atoms with Crippen LogP contribution < -0.4 is 4.18 Å². The smallest absolute Gasteiger partial charge is 0.339 e. The molecule has 3 aromatic rings. The van der Waals surface area contributed by atoms with Crippen molar-refractivity contribution in [3.63, 3.8) is 0 Å². The van der Waals surface area contributed by atoms with Gasteiger partial charge in [-0.25, -0.2) is 0 Å². The molecule has 2 aromatic carbocycles. The van der Waals surface area contributed by atoms with Gasteiger partial charge in [0.1, 0.15) is 4.90 Å². The zero-order valence-corrected chi connectivity index (χ0v) is 12.6. The molecule has 0 saturated heterocycles.